The Morgan fingerprint density at radius 2 is 1.50 bits per heavy atom. The van der Waals surface area contributed by atoms with Crippen LogP contribution in [-0.2, 0) is 4.79 Å². The highest BCUT2D eigenvalue weighted by atomic mass is 32.2. The molecular weight excluding hydrogens is 611 g/mol. The molecule has 0 saturated heterocycles. The molecule has 2 N–H and O–H groups in total. The molecule has 4 aromatic rings. The number of nitrogens with one attached hydrogen (secondary N) is 2. The Labute approximate surface area is 259 Å². The maximum absolute atomic E-state index is 14.4. The number of rotatable bonds is 6. The molecule has 5 nitrogen and oxygen atoms in total. The van der Waals surface area contributed by atoms with Crippen molar-refractivity contribution < 1.29 is 27.2 Å². The van der Waals surface area contributed by atoms with Crippen molar-refractivity contribution in [1.29, 1.82) is 0 Å². The Balaban J connectivity index is 1.26. The summed E-state index contributed by atoms with van der Waals surface area (Å²) in [5.74, 6) is -7.58. The Morgan fingerprint density at radius 1 is 0.795 bits per heavy atom. The number of carbonyl (C=O) groups excluding carboxylic acids is 2. The molecule has 11 heteroatoms. The van der Waals surface area contributed by atoms with Gasteiger partial charge in [-0.05, 0) is 35.9 Å². The fraction of sp³-hybridized carbons (Fsp3) is 0.0909. The van der Waals surface area contributed by atoms with Gasteiger partial charge in [-0.25, -0.2) is 22.4 Å². The molecule has 0 aromatic heterocycles. The lowest BCUT2D eigenvalue weighted by atomic mass is 10.1. The lowest BCUT2D eigenvalue weighted by molar-refractivity contribution is -0.115. The molecule has 0 spiro atoms. The Kier molecular flexibility index (Phi) is 8.49. The van der Waals surface area contributed by atoms with E-state index in [0.29, 0.717) is 16.1 Å². The first-order chi connectivity index (χ1) is 21.3. The number of thioether (sulfide) groups is 2. The number of allylic oxidation sites excluding steroid dienone is 2. The molecule has 1 aliphatic heterocycles. The first kappa shape index (κ1) is 29.6. The van der Waals surface area contributed by atoms with E-state index < -0.39 is 40.1 Å². The van der Waals surface area contributed by atoms with E-state index >= 15 is 0 Å². The van der Waals surface area contributed by atoms with Gasteiger partial charge in [0.05, 0.1) is 17.0 Å². The Hall–Kier alpha value is -4.48. The van der Waals surface area contributed by atoms with Gasteiger partial charge in [-0.1, -0.05) is 72.8 Å². The van der Waals surface area contributed by atoms with Gasteiger partial charge in [-0.3, -0.25) is 9.69 Å². The molecule has 4 aromatic carbocycles. The molecule has 222 valence electrons. The van der Waals surface area contributed by atoms with Gasteiger partial charge in [0.25, 0.3) is 0 Å². The van der Waals surface area contributed by atoms with E-state index in [2.05, 4.69) is 11.4 Å². The van der Waals surface area contributed by atoms with Crippen molar-refractivity contribution in [3.8, 4) is 0 Å². The number of urea groups is 1. The maximum atomic E-state index is 14.4. The molecule has 0 saturated carbocycles. The van der Waals surface area contributed by atoms with Crippen LogP contribution in [0.2, 0.25) is 0 Å². The van der Waals surface area contributed by atoms with Crippen LogP contribution in [0.5, 0.6) is 0 Å². The van der Waals surface area contributed by atoms with Gasteiger partial charge in [-0.15, -0.1) is 23.5 Å². The molecule has 1 aliphatic carbocycles. The predicted molar refractivity (Wildman–Crippen MR) is 166 cm³/mol. The molecular formula is C33H23F4N3O2S2. The van der Waals surface area contributed by atoms with E-state index in [1.807, 2.05) is 47.8 Å². The number of amides is 3. The number of hydrogen-bond donors (Lipinski definition) is 2. The van der Waals surface area contributed by atoms with Crippen molar-refractivity contribution in [2.24, 2.45) is 0 Å². The SMILES string of the molecule is O=C(Nc1c(F)c(F)cc(F)c1F)C(Sc1cccc(NC(=O)N2c3ccccc3SC3C=CC=CC32)c1)c1ccccc1. The normalized spacial score (nSPS) is 17.4. The summed E-state index contributed by atoms with van der Waals surface area (Å²) < 4.78 is 56.4. The summed E-state index contributed by atoms with van der Waals surface area (Å²) >= 11 is 2.73. The highest BCUT2D eigenvalue weighted by Crippen LogP contribution is 2.44. The van der Waals surface area contributed by atoms with Gasteiger partial charge in [-0.2, -0.15) is 0 Å². The minimum atomic E-state index is -1.71. The number of para-hydroxylation sites is 1. The fourth-order valence-electron chi connectivity index (χ4n) is 4.96. The average Bonchev–Trinajstić information content (AvgIpc) is 3.04. The summed E-state index contributed by atoms with van der Waals surface area (Å²) in [5.41, 5.74) is 0.516. The summed E-state index contributed by atoms with van der Waals surface area (Å²) in [4.78, 5) is 30.3. The third-order valence-corrected chi connectivity index (χ3v) is 9.56. The van der Waals surface area contributed by atoms with Crippen LogP contribution in [0.25, 0.3) is 0 Å². The van der Waals surface area contributed by atoms with Crippen LogP contribution in [0.15, 0.2) is 119 Å². The zero-order chi connectivity index (χ0) is 30.8. The van der Waals surface area contributed by atoms with E-state index in [9.17, 15) is 27.2 Å². The number of anilines is 3. The van der Waals surface area contributed by atoms with Crippen LogP contribution in [0.1, 0.15) is 10.8 Å². The predicted octanol–water partition coefficient (Wildman–Crippen LogP) is 8.72. The molecule has 3 unspecified atom stereocenters. The monoisotopic (exact) mass is 633 g/mol. The van der Waals surface area contributed by atoms with E-state index in [0.717, 1.165) is 22.3 Å². The lowest BCUT2D eigenvalue weighted by Gasteiger charge is -2.40. The van der Waals surface area contributed by atoms with Crippen LogP contribution in [0.3, 0.4) is 0 Å². The third-order valence-electron chi connectivity index (χ3n) is 7.00. The van der Waals surface area contributed by atoms with E-state index in [-0.39, 0.29) is 23.4 Å². The van der Waals surface area contributed by atoms with Crippen LogP contribution in [-0.4, -0.2) is 23.2 Å². The van der Waals surface area contributed by atoms with Crippen LogP contribution in [0, 0.1) is 23.3 Å². The summed E-state index contributed by atoms with van der Waals surface area (Å²) in [7, 11) is 0. The summed E-state index contributed by atoms with van der Waals surface area (Å²) in [6, 6.07) is 22.4. The van der Waals surface area contributed by atoms with Crippen LogP contribution in [0.4, 0.5) is 39.4 Å². The highest BCUT2D eigenvalue weighted by molar-refractivity contribution is 8.00. The topological polar surface area (TPSA) is 61.4 Å². The van der Waals surface area contributed by atoms with E-state index in [1.54, 1.807) is 71.3 Å². The molecule has 0 radical (unpaired) electrons. The first-order valence-electron chi connectivity index (χ1n) is 13.5. The third kappa shape index (κ3) is 5.97. The number of hydrogen-bond acceptors (Lipinski definition) is 4. The molecule has 2 aliphatic rings. The number of benzene rings is 4. The Bertz CT molecular complexity index is 1780. The lowest BCUT2D eigenvalue weighted by Crippen LogP contribution is -2.49. The second-order valence-electron chi connectivity index (χ2n) is 9.88. The number of halogens is 4. The van der Waals surface area contributed by atoms with Gasteiger partial charge < -0.3 is 10.6 Å². The minimum absolute atomic E-state index is 0.0499. The van der Waals surface area contributed by atoms with E-state index in [1.165, 1.54) is 0 Å². The summed E-state index contributed by atoms with van der Waals surface area (Å²) in [5, 5.41) is 3.96. The minimum Gasteiger partial charge on any atom is -0.320 e. The van der Waals surface area contributed by atoms with Gasteiger partial charge >= 0.3 is 6.03 Å². The smallest absolute Gasteiger partial charge is 0.320 e. The van der Waals surface area contributed by atoms with Crippen molar-refractivity contribution >= 4 is 52.5 Å². The molecule has 3 atom stereocenters. The molecule has 44 heavy (non-hydrogen) atoms. The van der Waals surface area contributed by atoms with Crippen molar-refractivity contribution in [1.82, 2.24) is 0 Å². The molecule has 3 amide bonds. The number of fused-ring (bicyclic) bond motifs is 2. The average molecular weight is 634 g/mol. The van der Waals surface area contributed by atoms with Gasteiger partial charge in [0.15, 0.2) is 23.3 Å². The van der Waals surface area contributed by atoms with Crippen molar-refractivity contribution in [2.75, 3.05) is 15.5 Å². The largest absolute Gasteiger partial charge is 0.326 e. The fourth-order valence-corrected chi connectivity index (χ4v) is 7.31. The van der Waals surface area contributed by atoms with Crippen molar-refractivity contribution in [2.45, 2.75) is 26.3 Å². The van der Waals surface area contributed by atoms with Gasteiger partial charge in [0.1, 0.15) is 10.9 Å². The second kappa shape index (κ2) is 12.6. The molecule has 0 bridgehead atoms. The van der Waals surface area contributed by atoms with Gasteiger partial charge in [0, 0.05) is 21.5 Å². The zero-order valence-electron chi connectivity index (χ0n) is 22.7. The van der Waals surface area contributed by atoms with Crippen LogP contribution >= 0.6 is 23.5 Å². The quantitative estimate of drug-likeness (QED) is 0.127. The Morgan fingerprint density at radius 3 is 2.27 bits per heavy atom. The van der Waals surface area contributed by atoms with Crippen LogP contribution < -0.4 is 15.5 Å². The molecule has 1 heterocycles. The van der Waals surface area contributed by atoms with Crippen molar-refractivity contribution in [3.63, 3.8) is 0 Å². The van der Waals surface area contributed by atoms with Crippen molar-refractivity contribution in [3.05, 3.63) is 138 Å². The molecule has 0 fully saturated rings. The second-order valence-corrected chi connectivity index (χ2v) is 12.3. The van der Waals surface area contributed by atoms with Gasteiger partial charge in [0.2, 0.25) is 5.91 Å². The first-order valence-corrected chi connectivity index (χ1v) is 15.2. The summed E-state index contributed by atoms with van der Waals surface area (Å²) in [6.45, 7) is 0. The molecule has 6 rings (SSSR count). The highest BCUT2D eigenvalue weighted by Gasteiger charge is 2.36. The zero-order valence-corrected chi connectivity index (χ0v) is 24.3. The maximum Gasteiger partial charge on any atom is 0.326 e. The number of carbonyl (C=O) groups is 2. The number of nitrogens with zero attached hydrogens (tertiary/aromatic N) is 1. The summed E-state index contributed by atoms with van der Waals surface area (Å²) in [6.07, 6.45) is 7.93. The van der Waals surface area contributed by atoms with E-state index in [4.69, 9.17) is 0 Å². The standard InChI is InChI=1S/C33H23F4N3O2S2/c34-22-18-23(35)29(37)30(28(22)36)39-32(41)31(19-9-2-1-3-10-19)43-21-12-8-11-20(17-21)38-33(42)40-24-13-4-6-15-26(24)44-27-16-7-5-14-25(27)40/h1-18,24,26,31H,(H,38,42)(H,39,41).